The number of aliphatic hydroxyl groups excluding tert-OH is 3. The first-order chi connectivity index (χ1) is 16.4. The second kappa shape index (κ2) is 13.6. The molecule has 6 N–H and O–H groups in total. The third-order valence-corrected chi connectivity index (χ3v) is 5.61. The minimum atomic E-state index is -1.64. The second-order valence-corrected chi connectivity index (χ2v) is 7.63. The molecule has 1 saturated heterocycles. The monoisotopic (exact) mass is 482 g/mol. The number of ether oxygens (including phenoxy) is 2. The van der Waals surface area contributed by atoms with Crippen molar-refractivity contribution in [3.63, 3.8) is 0 Å². The summed E-state index contributed by atoms with van der Waals surface area (Å²) in [5, 5.41) is 48.7. The third-order valence-electron chi connectivity index (χ3n) is 5.61. The molecule has 0 radical (unpaired) electrons. The van der Waals surface area contributed by atoms with Crippen LogP contribution in [0.4, 0.5) is 0 Å². The van der Waals surface area contributed by atoms with Crippen LogP contribution in [0.15, 0.2) is 20.5 Å². The maximum absolute atomic E-state index is 10.8. The van der Waals surface area contributed by atoms with Gasteiger partial charge in [-0.15, -0.1) is 0 Å². The SMILES string of the molecule is [N-]=[N+]=NCC1O[C@@H](O[C@@H]2C(N=[N+]=[N-])C[C@@H](N=[N+]=[N-])C(O)[C@H]2NCCCN)C(N=[N+]=[N-])[C@@H](O)[C@@H]1O. The first-order valence-corrected chi connectivity index (χ1v) is 10.4. The molecule has 1 saturated carbocycles. The van der Waals surface area contributed by atoms with Gasteiger partial charge in [0, 0.05) is 19.6 Å². The van der Waals surface area contributed by atoms with Crippen molar-refractivity contribution in [1.82, 2.24) is 5.32 Å². The zero-order chi connectivity index (χ0) is 25.1. The average Bonchev–Trinajstić information content (AvgIpc) is 2.82. The van der Waals surface area contributed by atoms with Crippen LogP contribution in [0.3, 0.4) is 0 Å². The van der Waals surface area contributed by atoms with Crippen LogP contribution in [-0.2, 0) is 9.47 Å². The smallest absolute Gasteiger partial charge is 0.169 e. The Morgan fingerprint density at radius 2 is 1.62 bits per heavy atom. The van der Waals surface area contributed by atoms with Crippen LogP contribution in [0.2, 0.25) is 0 Å². The molecule has 0 amide bonds. The number of azide groups is 4. The highest BCUT2D eigenvalue weighted by molar-refractivity contribution is 5.05. The molecule has 2 fully saturated rings. The Balaban J connectivity index is 2.41. The molecule has 186 valence electrons. The van der Waals surface area contributed by atoms with Crippen LogP contribution in [0, 0.1) is 0 Å². The van der Waals surface area contributed by atoms with Crippen LogP contribution in [0.5, 0.6) is 0 Å². The molecule has 1 aliphatic carbocycles. The zero-order valence-electron chi connectivity index (χ0n) is 17.9. The minimum absolute atomic E-state index is 0.0682. The Bertz CT molecular complexity index is 866. The van der Waals surface area contributed by atoms with Gasteiger partial charge < -0.3 is 35.8 Å². The molecule has 34 heavy (non-hydrogen) atoms. The highest BCUT2D eigenvalue weighted by Gasteiger charge is 2.50. The van der Waals surface area contributed by atoms with Crippen LogP contribution in [-0.4, -0.2) is 95.9 Å². The molecular formula is C15H26N14O5. The fraction of sp³-hybridized carbons (Fsp3) is 1.00. The van der Waals surface area contributed by atoms with Crippen LogP contribution in [0.25, 0.3) is 41.8 Å². The van der Waals surface area contributed by atoms with Crippen LogP contribution in [0.1, 0.15) is 12.8 Å². The van der Waals surface area contributed by atoms with Crippen molar-refractivity contribution in [2.45, 2.75) is 73.8 Å². The molecule has 19 nitrogen and oxygen atoms in total. The van der Waals surface area contributed by atoms with E-state index in [0.717, 1.165) is 0 Å². The summed E-state index contributed by atoms with van der Waals surface area (Å²) in [6.45, 7) is 0.314. The van der Waals surface area contributed by atoms with Crippen molar-refractivity contribution in [3.05, 3.63) is 41.8 Å². The van der Waals surface area contributed by atoms with Crippen LogP contribution < -0.4 is 11.1 Å². The number of nitrogens with two attached hydrogens (primary N) is 1. The van der Waals surface area contributed by atoms with Crippen molar-refractivity contribution in [2.75, 3.05) is 19.6 Å². The number of rotatable bonds is 11. The standard InChI is InChI=1S/C15H26N14O5/c16-2-1-3-21-9-11(30)6(23-27-18)4-7(24-28-19)14(9)34-15-10(25-29-20)13(32)12(31)8(33-15)5-22-26-17/h6-15,21,30-32H,1-5,16H2/t6-,7?,8?,9-,10?,11?,12-,13-,14-,15+/m1/s1. The average molecular weight is 482 g/mol. The van der Waals surface area contributed by atoms with Gasteiger partial charge in [0.25, 0.3) is 0 Å². The predicted octanol–water partition coefficient (Wildman–Crippen LogP) is 0.237. The summed E-state index contributed by atoms with van der Waals surface area (Å²) in [5.74, 6) is 0. The molecule has 0 aromatic heterocycles. The van der Waals surface area contributed by atoms with Gasteiger partial charge in [0.15, 0.2) is 6.29 Å². The molecule has 2 aliphatic rings. The summed E-state index contributed by atoms with van der Waals surface area (Å²) in [5.41, 5.74) is 40.9. The lowest BCUT2D eigenvalue weighted by Crippen LogP contribution is -2.65. The summed E-state index contributed by atoms with van der Waals surface area (Å²) in [6, 6.07) is -4.28. The third kappa shape index (κ3) is 6.51. The molecule has 0 aromatic rings. The Hall–Kier alpha value is -3.04. The van der Waals surface area contributed by atoms with E-state index in [2.05, 4.69) is 45.4 Å². The number of nitrogens with zero attached hydrogens (tertiary/aromatic N) is 12. The largest absolute Gasteiger partial charge is 0.391 e. The van der Waals surface area contributed by atoms with Crippen molar-refractivity contribution in [2.24, 2.45) is 26.2 Å². The highest BCUT2D eigenvalue weighted by atomic mass is 16.7. The summed E-state index contributed by atoms with van der Waals surface area (Å²) < 4.78 is 11.6. The minimum Gasteiger partial charge on any atom is -0.391 e. The molecule has 2 rings (SSSR count). The summed E-state index contributed by atoms with van der Waals surface area (Å²) in [4.78, 5) is 10.8. The molecule has 19 heteroatoms. The van der Waals surface area contributed by atoms with Crippen molar-refractivity contribution >= 4 is 0 Å². The van der Waals surface area contributed by atoms with Gasteiger partial charge in [-0.2, -0.15) is 0 Å². The maximum atomic E-state index is 10.8. The van der Waals surface area contributed by atoms with Crippen molar-refractivity contribution < 1.29 is 24.8 Å². The van der Waals surface area contributed by atoms with E-state index in [1.54, 1.807) is 0 Å². The van der Waals surface area contributed by atoms with Gasteiger partial charge in [0.05, 0.1) is 49.1 Å². The summed E-state index contributed by atoms with van der Waals surface area (Å²) in [6.07, 6.45) is -7.78. The predicted molar refractivity (Wildman–Crippen MR) is 114 cm³/mol. The lowest BCUT2D eigenvalue weighted by molar-refractivity contribution is -0.279. The first kappa shape index (κ1) is 27.2. The fourth-order valence-electron chi connectivity index (χ4n) is 3.97. The number of hydrogen-bond acceptors (Lipinski definition) is 11. The van der Waals surface area contributed by atoms with Gasteiger partial charge in [-0.3, -0.25) is 0 Å². The Labute approximate surface area is 192 Å². The first-order valence-electron chi connectivity index (χ1n) is 10.4. The van der Waals surface area contributed by atoms with Gasteiger partial charge in [0.2, 0.25) is 0 Å². The van der Waals surface area contributed by atoms with E-state index in [9.17, 15) is 15.3 Å². The normalized spacial score (nSPS) is 37.3. The zero-order valence-corrected chi connectivity index (χ0v) is 17.9. The Morgan fingerprint density at radius 3 is 2.24 bits per heavy atom. The fourth-order valence-corrected chi connectivity index (χ4v) is 3.97. The molecule has 4 unspecified atom stereocenters. The summed E-state index contributed by atoms with van der Waals surface area (Å²) >= 11 is 0. The molecule has 0 bridgehead atoms. The van der Waals surface area contributed by atoms with Crippen LogP contribution >= 0.6 is 0 Å². The van der Waals surface area contributed by atoms with E-state index in [4.69, 9.17) is 37.3 Å². The van der Waals surface area contributed by atoms with Gasteiger partial charge >= 0.3 is 0 Å². The Morgan fingerprint density at radius 1 is 0.941 bits per heavy atom. The molecule has 1 heterocycles. The van der Waals surface area contributed by atoms with E-state index >= 15 is 0 Å². The van der Waals surface area contributed by atoms with E-state index in [-0.39, 0.29) is 13.0 Å². The Kier molecular flexibility index (Phi) is 10.9. The number of aliphatic hydroxyl groups is 3. The molecule has 0 spiro atoms. The van der Waals surface area contributed by atoms with Gasteiger partial charge in [-0.05, 0) is 48.1 Å². The molecule has 0 aromatic carbocycles. The molecule has 1 aliphatic heterocycles. The van der Waals surface area contributed by atoms with E-state index in [1.165, 1.54) is 0 Å². The topological polar surface area (TPSA) is 312 Å². The van der Waals surface area contributed by atoms with Gasteiger partial charge in [-0.25, -0.2) is 0 Å². The van der Waals surface area contributed by atoms with Gasteiger partial charge in [0.1, 0.15) is 12.1 Å². The van der Waals surface area contributed by atoms with E-state index in [1.807, 2.05) is 0 Å². The second-order valence-electron chi connectivity index (χ2n) is 7.63. The van der Waals surface area contributed by atoms with E-state index in [0.29, 0.717) is 19.5 Å². The quantitative estimate of drug-likeness (QED) is 0.118. The molecule has 10 atom stereocenters. The number of nitrogens with one attached hydrogen (secondary N) is 1. The maximum Gasteiger partial charge on any atom is 0.169 e. The lowest BCUT2D eigenvalue weighted by atomic mass is 9.82. The van der Waals surface area contributed by atoms with Crippen molar-refractivity contribution in [3.8, 4) is 0 Å². The van der Waals surface area contributed by atoms with Crippen molar-refractivity contribution in [1.29, 1.82) is 0 Å². The van der Waals surface area contributed by atoms with E-state index < -0.39 is 61.0 Å². The highest BCUT2D eigenvalue weighted by Crippen LogP contribution is 2.32. The van der Waals surface area contributed by atoms with Gasteiger partial charge in [-0.1, -0.05) is 20.5 Å². The number of hydrogen-bond donors (Lipinski definition) is 5. The molecular weight excluding hydrogens is 456 g/mol. The lowest BCUT2D eigenvalue weighted by Gasteiger charge is -2.47. The summed E-state index contributed by atoms with van der Waals surface area (Å²) in [7, 11) is 0.